The van der Waals surface area contributed by atoms with Gasteiger partial charge in [-0.2, -0.15) is 0 Å². The molecule has 5 nitrogen and oxygen atoms in total. The van der Waals surface area contributed by atoms with Crippen LogP contribution in [0, 0.1) is 17.8 Å². The van der Waals surface area contributed by atoms with Crippen molar-refractivity contribution in [1.82, 2.24) is 10.2 Å². The number of carbonyl (C=O) groups excluding carboxylic acids is 2. The highest BCUT2D eigenvalue weighted by Crippen LogP contribution is 2.22. The van der Waals surface area contributed by atoms with Gasteiger partial charge in [0.2, 0.25) is 5.91 Å². The van der Waals surface area contributed by atoms with Crippen molar-refractivity contribution in [2.45, 2.75) is 53.5 Å². The third-order valence-corrected chi connectivity index (χ3v) is 4.19. The third kappa shape index (κ3) is 5.59. The van der Waals surface area contributed by atoms with E-state index in [1.165, 1.54) is 0 Å². The van der Waals surface area contributed by atoms with Crippen LogP contribution in [0.3, 0.4) is 0 Å². The van der Waals surface area contributed by atoms with Gasteiger partial charge in [0.05, 0.1) is 6.61 Å². The van der Waals surface area contributed by atoms with E-state index in [1.54, 1.807) is 0 Å². The average molecular weight is 312 g/mol. The molecule has 1 saturated heterocycles. The first-order valence-electron chi connectivity index (χ1n) is 8.55. The van der Waals surface area contributed by atoms with E-state index in [4.69, 9.17) is 4.74 Å². The summed E-state index contributed by atoms with van der Waals surface area (Å²) in [5.74, 6) is 0.630. The zero-order chi connectivity index (χ0) is 16.7. The summed E-state index contributed by atoms with van der Waals surface area (Å²) >= 11 is 0. The fraction of sp³-hybridized carbons (Fsp3) is 0.882. The maximum absolute atomic E-state index is 12.2. The number of carbonyl (C=O) groups is 2. The van der Waals surface area contributed by atoms with Crippen LogP contribution in [-0.4, -0.2) is 49.1 Å². The lowest BCUT2D eigenvalue weighted by Crippen LogP contribution is -2.51. The Morgan fingerprint density at radius 3 is 2.50 bits per heavy atom. The second-order valence-corrected chi connectivity index (χ2v) is 6.84. The summed E-state index contributed by atoms with van der Waals surface area (Å²) in [7, 11) is 0. The molecule has 128 valence electrons. The molecule has 0 aromatic heterocycles. The minimum atomic E-state index is -0.177. The van der Waals surface area contributed by atoms with Crippen molar-refractivity contribution < 1.29 is 14.3 Å². The van der Waals surface area contributed by atoms with Gasteiger partial charge >= 0.3 is 5.97 Å². The summed E-state index contributed by atoms with van der Waals surface area (Å²) < 4.78 is 5.23. The van der Waals surface area contributed by atoms with E-state index in [-0.39, 0.29) is 29.8 Å². The molecular weight excluding hydrogens is 280 g/mol. The molecule has 0 aromatic carbocycles. The second kappa shape index (κ2) is 9.13. The largest absolute Gasteiger partial charge is 0.465 e. The molecule has 0 radical (unpaired) electrons. The monoisotopic (exact) mass is 312 g/mol. The topological polar surface area (TPSA) is 58.6 Å². The first kappa shape index (κ1) is 18.9. The lowest BCUT2D eigenvalue weighted by Gasteiger charge is -2.38. The normalized spacial score (nSPS) is 21.0. The summed E-state index contributed by atoms with van der Waals surface area (Å²) in [6.45, 7) is 12.7. The molecule has 0 unspecified atom stereocenters. The zero-order valence-corrected chi connectivity index (χ0v) is 14.7. The van der Waals surface area contributed by atoms with Crippen LogP contribution >= 0.6 is 0 Å². The Hall–Kier alpha value is -1.10. The maximum atomic E-state index is 12.2. The molecule has 1 amide bonds. The number of esters is 1. The van der Waals surface area contributed by atoms with E-state index < -0.39 is 0 Å². The standard InChI is InChI=1S/C17H32N2O3/c1-6-22-17(21)15(12(2)3)19-9-7-8-14(11-19)10-18-16(20)13(4)5/h12-15H,6-11H2,1-5H3,(H,18,20)/t14-,15+/m0/s1. The Morgan fingerprint density at radius 1 is 1.27 bits per heavy atom. The van der Waals surface area contributed by atoms with Gasteiger partial charge in [-0.15, -0.1) is 0 Å². The van der Waals surface area contributed by atoms with E-state index in [0.29, 0.717) is 19.1 Å². The predicted molar refractivity (Wildman–Crippen MR) is 87.4 cm³/mol. The van der Waals surface area contributed by atoms with Crippen molar-refractivity contribution in [3.8, 4) is 0 Å². The molecule has 0 bridgehead atoms. The van der Waals surface area contributed by atoms with Crippen LogP contribution in [0.5, 0.6) is 0 Å². The molecule has 22 heavy (non-hydrogen) atoms. The van der Waals surface area contributed by atoms with Crippen LogP contribution in [0.4, 0.5) is 0 Å². The first-order chi connectivity index (χ1) is 10.4. The number of rotatable bonds is 7. The van der Waals surface area contributed by atoms with E-state index >= 15 is 0 Å². The fourth-order valence-corrected chi connectivity index (χ4v) is 3.04. The number of nitrogens with one attached hydrogen (secondary N) is 1. The van der Waals surface area contributed by atoms with Gasteiger partial charge in [-0.05, 0) is 38.1 Å². The summed E-state index contributed by atoms with van der Waals surface area (Å²) in [5.41, 5.74) is 0. The Kier molecular flexibility index (Phi) is 7.87. The van der Waals surface area contributed by atoms with E-state index in [1.807, 2.05) is 20.8 Å². The van der Waals surface area contributed by atoms with Crippen molar-refractivity contribution in [3.05, 3.63) is 0 Å². The van der Waals surface area contributed by atoms with Crippen molar-refractivity contribution in [2.24, 2.45) is 17.8 Å². The number of ether oxygens (including phenoxy) is 1. The molecule has 5 heteroatoms. The van der Waals surface area contributed by atoms with Crippen molar-refractivity contribution in [3.63, 3.8) is 0 Å². The molecule has 0 aromatic rings. The Bertz CT molecular complexity index is 369. The number of nitrogens with zero attached hydrogens (tertiary/aromatic N) is 1. The number of amides is 1. The summed E-state index contributed by atoms with van der Waals surface area (Å²) in [4.78, 5) is 26.2. The van der Waals surface area contributed by atoms with Gasteiger partial charge in [0.25, 0.3) is 0 Å². The average Bonchev–Trinajstić information content (AvgIpc) is 2.45. The van der Waals surface area contributed by atoms with Crippen molar-refractivity contribution >= 4 is 11.9 Å². The molecule has 1 rings (SSSR count). The molecule has 1 aliphatic heterocycles. The highest BCUT2D eigenvalue weighted by atomic mass is 16.5. The first-order valence-corrected chi connectivity index (χ1v) is 8.55. The molecule has 1 aliphatic rings. The van der Waals surface area contributed by atoms with Crippen LogP contribution < -0.4 is 5.32 Å². The van der Waals surface area contributed by atoms with Gasteiger partial charge < -0.3 is 10.1 Å². The van der Waals surface area contributed by atoms with Crippen LogP contribution in [-0.2, 0) is 14.3 Å². The van der Waals surface area contributed by atoms with Crippen molar-refractivity contribution in [2.75, 3.05) is 26.2 Å². The summed E-state index contributed by atoms with van der Waals surface area (Å²) in [5, 5.41) is 3.01. The van der Waals surface area contributed by atoms with E-state index in [0.717, 1.165) is 25.9 Å². The quantitative estimate of drug-likeness (QED) is 0.731. The molecule has 1 fully saturated rings. The van der Waals surface area contributed by atoms with Gasteiger partial charge in [-0.25, -0.2) is 0 Å². The van der Waals surface area contributed by atoms with E-state index in [2.05, 4.69) is 24.1 Å². The number of piperidine rings is 1. The maximum Gasteiger partial charge on any atom is 0.323 e. The fourth-order valence-electron chi connectivity index (χ4n) is 3.04. The molecule has 1 N–H and O–H groups in total. The zero-order valence-electron chi connectivity index (χ0n) is 14.7. The Balaban J connectivity index is 2.59. The van der Waals surface area contributed by atoms with Crippen molar-refractivity contribution in [1.29, 1.82) is 0 Å². The van der Waals surface area contributed by atoms with Crippen LogP contribution in [0.25, 0.3) is 0 Å². The number of likely N-dealkylation sites (tertiary alicyclic amines) is 1. The highest BCUT2D eigenvalue weighted by Gasteiger charge is 2.33. The Morgan fingerprint density at radius 2 is 1.95 bits per heavy atom. The SMILES string of the molecule is CCOC(=O)[C@@H](C(C)C)N1CCC[C@@H](CNC(=O)C(C)C)C1. The third-order valence-electron chi connectivity index (χ3n) is 4.19. The number of hydrogen-bond acceptors (Lipinski definition) is 4. The van der Waals surface area contributed by atoms with Crippen LogP contribution in [0.1, 0.15) is 47.5 Å². The summed E-state index contributed by atoms with van der Waals surface area (Å²) in [6.07, 6.45) is 2.16. The van der Waals surface area contributed by atoms with Gasteiger partial charge in [0, 0.05) is 19.0 Å². The van der Waals surface area contributed by atoms with Gasteiger partial charge in [-0.1, -0.05) is 27.7 Å². The van der Waals surface area contributed by atoms with Crippen LogP contribution in [0.2, 0.25) is 0 Å². The predicted octanol–water partition coefficient (Wildman–Crippen LogP) is 2.06. The minimum absolute atomic E-state index is 0.0163. The molecular formula is C17H32N2O3. The van der Waals surface area contributed by atoms with Gasteiger partial charge in [0.1, 0.15) is 6.04 Å². The van der Waals surface area contributed by atoms with Crippen LogP contribution in [0.15, 0.2) is 0 Å². The molecule has 2 atom stereocenters. The Labute approximate surface area is 134 Å². The lowest BCUT2D eigenvalue weighted by molar-refractivity contribution is -0.152. The molecule has 0 spiro atoms. The van der Waals surface area contributed by atoms with E-state index in [9.17, 15) is 9.59 Å². The summed E-state index contributed by atoms with van der Waals surface area (Å²) in [6, 6.07) is -0.177. The van der Waals surface area contributed by atoms with Gasteiger partial charge in [-0.3, -0.25) is 14.5 Å². The second-order valence-electron chi connectivity index (χ2n) is 6.84. The number of hydrogen-bond donors (Lipinski definition) is 1. The van der Waals surface area contributed by atoms with Gasteiger partial charge in [0.15, 0.2) is 0 Å². The lowest BCUT2D eigenvalue weighted by atomic mass is 9.93. The molecule has 0 aliphatic carbocycles. The molecule has 0 saturated carbocycles. The highest BCUT2D eigenvalue weighted by molar-refractivity contribution is 5.77. The smallest absolute Gasteiger partial charge is 0.323 e. The minimum Gasteiger partial charge on any atom is -0.465 e. The molecule has 1 heterocycles.